The van der Waals surface area contributed by atoms with E-state index < -0.39 is 67.7 Å². The van der Waals surface area contributed by atoms with E-state index in [0.29, 0.717) is 11.1 Å². The number of esters is 1. The van der Waals surface area contributed by atoms with E-state index in [9.17, 15) is 32.3 Å². The Hall–Kier alpha value is -4.43. The smallest absolute Gasteiger partial charge is 0.415 e. The molecule has 49 heavy (non-hydrogen) atoms. The number of nitrogens with one attached hydrogen (secondary N) is 2. The average molecular weight is 704 g/mol. The maximum Gasteiger partial charge on any atom is 0.415 e. The molecule has 266 valence electrons. The second kappa shape index (κ2) is 15.9. The van der Waals surface area contributed by atoms with Gasteiger partial charge in [-0.15, -0.1) is 0 Å². The van der Waals surface area contributed by atoms with Gasteiger partial charge in [0.25, 0.3) is 5.56 Å². The third kappa shape index (κ3) is 10.3. The average Bonchev–Trinajstić information content (AvgIpc) is 3.02. The van der Waals surface area contributed by atoms with Crippen LogP contribution in [0.3, 0.4) is 0 Å². The number of aromatic nitrogens is 1. The topological polar surface area (TPSA) is 125 Å². The summed E-state index contributed by atoms with van der Waals surface area (Å²) >= 11 is 0. The summed E-state index contributed by atoms with van der Waals surface area (Å²) in [5.74, 6) is -2.17. The minimum atomic E-state index is -4.80. The summed E-state index contributed by atoms with van der Waals surface area (Å²) in [4.78, 5) is 51.9. The molecular formula is C35H44F3N3O7Si. The molecule has 0 saturated carbocycles. The van der Waals surface area contributed by atoms with Crippen LogP contribution in [0.5, 0.6) is 0 Å². The minimum absolute atomic E-state index is 0.0677. The van der Waals surface area contributed by atoms with Crippen LogP contribution in [0.1, 0.15) is 50.5 Å². The second-order valence-electron chi connectivity index (χ2n) is 13.5. The molecule has 10 nitrogen and oxygen atoms in total. The van der Waals surface area contributed by atoms with Gasteiger partial charge in [0, 0.05) is 0 Å². The van der Waals surface area contributed by atoms with Gasteiger partial charge >= 0.3 is 18.2 Å². The number of ether oxygens (including phenoxy) is 2. The zero-order chi connectivity index (χ0) is 36.7. The number of carbonyl (C=O) groups excluding carboxylic acids is 3. The highest BCUT2D eigenvalue weighted by Gasteiger charge is 2.52. The fourth-order valence-corrected chi connectivity index (χ4v) is 5.92. The molecule has 3 rings (SSSR count). The molecule has 1 heterocycles. The lowest BCUT2D eigenvalue weighted by molar-refractivity contribution is -0.210. The standard InChI is InChI=1S/C35H44F3N3O7Si/c1-22(2)29(30(35(36,37)38)48-49(7,8)34(3,4)5)40-28(42)20-41-27(24-14-16-25(17-15-24)32(44)46-6)19-18-26(31(41)43)39-33(45)47-21-23-12-10-9-11-13-23/h9-19,22,29-30H,20-21H2,1-8H3,(H,39,45)(H,40,42). The molecule has 0 saturated heterocycles. The van der Waals surface area contributed by atoms with E-state index in [2.05, 4.69) is 10.6 Å². The predicted octanol–water partition coefficient (Wildman–Crippen LogP) is 7.14. The summed E-state index contributed by atoms with van der Waals surface area (Å²) in [6.07, 6.45) is -8.03. The Balaban J connectivity index is 1.99. The van der Waals surface area contributed by atoms with Crippen molar-refractivity contribution in [2.45, 2.75) is 84.2 Å². The maximum absolute atomic E-state index is 14.5. The van der Waals surface area contributed by atoms with Gasteiger partial charge in [-0.3, -0.25) is 19.5 Å². The molecule has 2 amide bonds. The summed E-state index contributed by atoms with van der Waals surface area (Å²) in [5.41, 5.74) is 0.517. The van der Waals surface area contributed by atoms with Crippen molar-refractivity contribution in [2.75, 3.05) is 12.4 Å². The Bertz CT molecular complexity index is 1670. The van der Waals surface area contributed by atoms with Crippen LogP contribution >= 0.6 is 0 Å². The lowest BCUT2D eigenvalue weighted by atomic mass is 9.98. The number of nitrogens with zero attached hydrogens (tertiary/aromatic N) is 1. The van der Waals surface area contributed by atoms with E-state index in [-0.39, 0.29) is 23.6 Å². The zero-order valence-corrected chi connectivity index (χ0v) is 29.9. The van der Waals surface area contributed by atoms with Crippen molar-refractivity contribution < 1.29 is 41.5 Å². The maximum atomic E-state index is 14.5. The van der Waals surface area contributed by atoms with Crippen LogP contribution in [0.15, 0.2) is 71.5 Å². The van der Waals surface area contributed by atoms with E-state index >= 15 is 0 Å². The molecule has 3 aromatic rings. The SMILES string of the molecule is COC(=O)c1ccc(-c2ccc(NC(=O)OCc3ccccc3)c(=O)n2CC(=O)NC(C(C)C)C(O[Si](C)(C)C(C)(C)C)C(F)(F)F)cc1. The molecule has 0 bridgehead atoms. The number of alkyl halides is 3. The third-order valence-electron chi connectivity index (χ3n) is 8.45. The molecule has 2 unspecified atom stereocenters. The summed E-state index contributed by atoms with van der Waals surface area (Å²) in [6, 6.07) is 16.2. The van der Waals surface area contributed by atoms with Crippen molar-refractivity contribution in [1.29, 1.82) is 0 Å². The Labute approximate surface area is 285 Å². The fourth-order valence-electron chi connectivity index (χ4n) is 4.65. The predicted molar refractivity (Wildman–Crippen MR) is 183 cm³/mol. The highest BCUT2D eigenvalue weighted by atomic mass is 28.4. The third-order valence-corrected chi connectivity index (χ3v) is 12.9. The van der Waals surface area contributed by atoms with Crippen molar-refractivity contribution in [3.8, 4) is 11.3 Å². The normalized spacial score (nSPS) is 13.4. The fraction of sp³-hybridized carbons (Fsp3) is 0.429. The molecule has 0 aliphatic carbocycles. The molecule has 2 N–H and O–H groups in total. The van der Waals surface area contributed by atoms with Gasteiger partial charge in [0.15, 0.2) is 14.4 Å². The number of benzene rings is 2. The number of carbonyl (C=O) groups is 3. The number of rotatable bonds is 12. The van der Waals surface area contributed by atoms with E-state index in [0.717, 1.165) is 4.57 Å². The van der Waals surface area contributed by atoms with Crippen molar-refractivity contribution in [1.82, 2.24) is 9.88 Å². The Morgan fingerprint density at radius 3 is 2.06 bits per heavy atom. The van der Waals surface area contributed by atoms with Crippen molar-refractivity contribution in [3.05, 3.63) is 88.2 Å². The van der Waals surface area contributed by atoms with Gasteiger partial charge in [0.1, 0.15) is 18.8 Å². The molecule has 0 radical (unpaired) electrons. The van der Waals surface area contributed by atoms with Crippen molar-refractivity contribution >= 4 is 32.0 Å². The first-order chi connectivity index (χ1) is 22.7. The van der Waals surface area contributed by atoms with Gasteiger partial charge in [-0.05, 0) is 59.4 Å². The van der Waals surface area contributed by atoms with Crippen LogP contribution in [0.4, 0.5) is 23.7 Å². The Morgan fingerprint density at radius 2 is 1.53 bits per heavy atom. The summed E-state index contributed by atoms with van der Waals surface area (Å²) in [5, 5.41) is 4.34. The number of hydrogen-bond donors (Lipinski definition) is 2. The lowest BCUT2D eigenvalue weighted by Crippen LogP contribution is -2.59. The summed E-state index contributed by atoms with van der Waals surface area (Å²) in [6.45, 7) is 11.2. The highest BCUT2D eigenvalue weighted by molar-refractivity contribution is 6.74. The molecule has 1 aromatic heterocycles. The van der Waals surface area contributed by atoms with Crippen LogP contribution < -0.4 is 16.2 Å². The number of amides is 2. The molecule has 0 aliphatic heterocycles. The first-order valence-corrected chi connectivity index (χ1v) is 18.6. The van der Waals surface area contributed by atoms with E-state index in [1.165, 1.54) is 43.5 Å². The van der Waals surface area contributed by atoms with Gasteiger partial charge in [-0.1, -0.05) is 77.1 Å². The van der Waals surface area contributed by atoms with Crippen LogP contribution in [0.25, 0.3) is 11.3 Å². The highest BCUT2D eigenvalue weighted by Crippen LogP contribution is 2.41. The molecule has 2 atom stereocenters. The molecule has 14 heteroatoms. The minimum Gasteiger partial charge on any atom is -0.465 e. The Morgan fingerprint density at radius 1 is 0.918 bits per heavy atom. The van der Waals surface area contributed by atoms with Gasteiger partial charge < -0.3 is 19.2 Å². The summed E-state index contributed by atoms with van der Waals surface area (Å²) < 4.78 is 60.5. The van der Waals surface area contributed by atoms with Gasteiger partial charge in [-0.25, -0.2) is 9.59 Å². The number of halogens is 3. The first kappa shape index (κ1) is 39.0. The molecule has 0 fully saturated rings. The van der Waals surface area contributed by atoms with E-state index in [1.807, 2.05) is 20.8 Å². The number of anilines is 1. The zero-order valence-electron chi connectivity index (χ0n) is 28.9. The molecule has 0 aliphatic rings. The van der Waals surface area contributed by atoms with Crippen LogP contribution in [0.2, 0.25) is 18.1 Å². The van der Waals surface area contributed by atoms with Crippen molar-refractivity contribution in [3.63, 3.8) is 0 Å². The molecule has 2 aromatic carbocycles. The summed E-state index contributed by atoms with van der Waals surface area (Å²) in [7, 11) is -1.72. The van der Waals surface area contributed by atoms with Gasteiger partial charge in [0.05, 0.1) is 24.4 Å². The monoisotopic (exact) mass is 703 g/mol. The second-order valence-corrected chi connectivity index (χ2v) is 18.2. The number of pyridine rings is 1. The van der Waals surface area contributed by atoms with E-state index in [4.69, 9.17) is 13.9 Å². The lowest BCUT2D eigenvalue weighted by Gasteiger charge is -2.42. The molecule has 0 spiro atoms. The van der Waals surface area contributed by atoms with Crippen LogP contribution in [0, 0.1) is 5.92 Å². The quantitative estimate of drug-likeness (QED) is 0.152. The molecular weight excluding hydrogens is 659 g/mol. The first-order valence-electron chi connectivity index (χ1n) is 15.7. The number of hydrogen-bond acceptors (Lipinski definition) is 7. The largest absolute Gasteiger partial charge is 0.465 e. The Kier molecular flexibility index (Phi) is 12.6. The number of methoxy groups -OCH3 is 1. The van der Waals surface area contributed by atoms with Crippen LogP contribution in [-0.2, 0) is 31.8 Å². The van der Waals surface area contributed by atoms with Crippen LogP contribution in [-0.4, -0.2) is 56.3 Å². The van der Waals surface area contributed by atoms with Crippen molar-refractivity contribution in [2.24, 2.45) is 5.92 Å². The van der Waals surface area contributed by atoms with Gasteiger partial charge in [-0.2, -0.15) is 13.2 Å². The van der Waals surface area contributed by atoms with Gasteiger partial charge in [0.2, 0.25) is 5.91 Å². The van der Waals surface area contributed by atoms with E-state index in [1.54, 1.807) is 57.3 Å².